The maximum absolute atomic E-state index is 3.77. The number of anilines is 1. The first-order valence-corrected chi connectivity index (χ1v) is 8.82. The van der Waals surface area contributed by atoms with Crippen LogP contribution < -0.4 is 10.2 Å². The van der Waals surface area contributed by atoms with Gasteiger partial charge in [0.2, 0.25) is 0 Å². The number of rotatable bonds is 3. The van der Waals surface area contributed by atoms with Crippen LogP contribution in [0.1, 0.15) is 46.6 Å². The lowest BCUT2D eigenvalue weighted by atomic mass is 9.91. The van der Waals surface area contributed by atoms with Crippen molar-refractivity contribution < 1.29 is 0 Å². The van der Waals surface area contributed by atoms with Crippen LogP contribution in [-0.2, 0) is 6.54 Å². The van der Waals surface area contributed by atoms with Crippen molar-refractivity contribution in [2.24, 2.45) is 11.8 Å². The Morgan fingerprint density at radius 1 is 1.19 bits per heavy atom. The van der Waals surface area contributed by atoms with E-state index in [1.165, 1.54) is 35.2 Å². The minimum Gasteiger partial charge on any atom is -0.370 e. The third-order valence-corrected chi connectivity index (χ3v) is 4.68. The second-order valence-corrected chi connectivity index (χ2v) is 8.59. The van der Waals surface area contributed by atoms with Gasteiger partial charge in [-0.15, -0.1) is 0 Å². The second-order valence-electron chi connectivity index (χ2n) is 7.74. The van der Waals surface area contributed by atoms with Crippen molar-refractivity contribution in [3.05, 3.63) is 28.2 Å². The van der Waals surface area contributed by atoms with E-state index >= 15 is 0 Å². The summed E-state index contributed by atoms with van der Waals surface area (Å²) in [6.07, 6.45) is 1.35. The van der Waals surface area contributed by atoms with E-state index in [-0.39, 0.29) is 5.54 Å². The number of halogens is 1. The summed E-state index contributed by atoms with van der Waals surface area (Å²) in [6, 6.07) is 6.79. The highest BCUT2D eigenvalue weighted by Gasteiger charge is 2.23. The molecule has 0 amide bonds. The Hall–Kier alpha value is -0.540. The van der Waals surface area contributed by atoms with Gasteiger partial charge in [-0.25, -0.2) is 0 Å². The highest BCUT2D eigenvalue weighted by atomic mass is 79.9. The number of piperidine rings is 1. The van der Waals surface area contributed by atoms with Crippen LogP contribution in [0.2, 0.25) is 0 Å². The molecule has 0 bridgehead atoms. The molecule has 1 saturated heterocycles. The van der Waals surface area contributed by atoms with Crippen LogP contribution in [0.3, 0.4) is 0 Å². The van der Waals surface area contributed by atoms with Crippen LogP contribution in [0.5, 0.6) is 0 Å². The number of nitrogens with one attached hydrogen (secondary N) is 1. The fraction of sp³-hybridized carbons (Fsp3) is 0.667. The molecule has 118 valence electrons. The summed E-state index contributed by atoms with van der Waals surface area (Å²) in [6.45, 7) is 14.6. The predicted molar refractivity (Wildman–Crippen MR) is 95.9 cm³/mol. The Bertz CT molecular complexity index is 469. The summed E-state index contributed by atoms with van der Waals surface area (Å²) in [7, 11) is 0. The van der Waals surface area contributed by atoms with Crippen LogP contribution in [0.25, 0.3) is 0 Å². The van der Waals surface area contributed by atoms with Crippen LogP contribution in [0.4, 0.5) is 5.69 Å². The molecular weight excluding hydrogens is 324 g/mol. The molecule has 0 aliphatic carbocycles. The van der Waals surface area contributed by atoms with Crippen LogP contribution in [-0.4, -0.2) is 18.6 Å². The summed E-state index contributed by atoms with van der Waals surface area (Å²) in [5.41, 5.74) is 2.83. The van der Waals surface area contributed by atoms with Gasteiger partial charge in [-0.1, -0.05) is 19.9 Å². The maximum atomic E-state index is 3.77. The van der Waals surface area contributed by atoms with E-state index < -0.39 is 0 Å². The van der Waals surface area contributed by atoms with E-state index in [4.69, 9.17) is 0 Å². The van der Waals surface area contributed by atoms with Gasteiger partial charge in [0, 0.05) is 29.6 Å². The van der Waals surface area contributed by atoms with Crippen molar-refractivity contribution in [2.75, 3.05) is 18.0 Å². The maximum Gasteiger partial charge on any atom is 0.0511 e. The standard InChI is InChI=1S/C18H29BrN2/c1-13-8-14(2)12-21(11-13)17-7-6-15(9-16(17)19)10-20-18(3,4)5/h6-7,9,13-14,20H,8,10-12H2,1-5H3. The van der Waals surface area contributed by atoms with Crippen molar-refractivity contribution >= 4 is 21.6 Å². The minimum atomic E-state index is 0.156. The zero-order chi connectivity index (χ0) is 15.6. The van der Waals surface area contributed by atoms with Gasteiger partial charge >= 0.3 is 0 Å². The lowest BCUT2D eigenvalue weighted by Gasteiger charge is -2.37. The van der Waals surface area contributed by atoms with Gasteiger partial charge in [0.05, 0.1) is 5.69 Å². The van der Waals surface area contributed by atoms with E-state index in [1.807, 2.05) is 0 Å². The summed E-state index contributed by atoms with van der Waals surface area (Å²) in [4.78, 5) is 2.53. The molecular formula is C18H29BrN2. The molecule has 2 rings (SSSR count). The molecule has 1 N–H and O–H groups in total. The van der Waals surface area contributed by atoms with Gasteiger partial charge in [-0.05, 0) is 72.7 Å². The Morgan fingerprint density at radius 2 is 1.81 bits per heavy atom. The first-order valence-electron chi connectivity index (χ1n) is 8.03. The Morgan fingerprint density at radius 3 is 2.33 bits per heavy atom. The van der Waals surface area contributed by atoms with Crippen LogP contribution in [0, 0.1) is 11.8 Å². The predicted octanol–water partition coefficient (Wildman–Crippen LogP) is 4.82. The van der Waals surface area contributed by atoms with Gasteiger partial charge in [-0.2, -0.15) is 0 Å². The number of nitrogens with zero attached hydrogens (tertiary/aromatic N) is 1. The summed E-state index contributed by atoms with van der Waals surface area (Å²) >= 11 is 3.77. The molecule has 0 aromatic heterocycles. The van der Waals surface area contributed by atoms with Gasteiger partial charge in [0.1, 0.15) is 0 Å². The SMILES string of the molecule is CC1CC(C)CN(c2ccc(CNC(C)(C)C)cc2Br)C1. The number of hydrogen-bond donors (Lipinski definition) is 1. The average molecular weight is 353 g/mol. The van der Waals surface area contributed by atoms with E-state index in [0.29, 0.717) is 0 Å². The average Bonchev–Trinajstić information content (AvgIpc) is 2.34. The first-order chi connectivity index (χ1) is 9.74. The third kappa shape index (κ3) is 5.00. The monoisotopic (exact) mass is 352 g/mol. The van der Waals surface area contributed by atoms with E-state index in [2.05, 4.69) is 79.0 Å². The normalized spacial score (nSPS) is 23.4. The summed E-state index contributed by atoms with van der Waals surface area (Å²) in [5.74, 6) is 1.56. The van der Waals surface area contributed by atoms with E-state index in [9.17, 15) is 0 Å². The minimum absolute atomic E-state index is 0.156. The third-order valence-electron chi connectivity index (χ3n) is 4.04. The molecule has 21 heavy (non-hydrogen) atoms. The summed E-state index contributed by atoms with van der Waals surface area (Å²) in [5, 5.41) is 3.54. The van der Waals surface area contributed by atoms with E-state index in [0.717, 1.165) is 18.4 Å². The van der Waals surface area contributed by atoms with Crippen molar-refractivity contribution in [3.8, 4) is 0 Å². The van der Waals surface area contributed by atoms with Crippen molar-refractivity contribution in [3.63, 3.8) is 0 Å². The van der Waals surface area contributed by atoms with Crippen LogP contribution in [0.15, 0.2) is 22.7 Å². The molecule has 1 aliphatic heterocycles. The number of benzene rings is 1. The molecule has 2 atom stereocenters. The van der Waals surface area contributed by atoms with Gasteiger partial charge in [-0.3, -0.25) is 0 Å². The van der Waals surface area contributed by atoms with Gasteiger partial charge in [0.15, 0.2) is 0 Å². The molecule has 2 unspecified atom stereocenters. The van der Waals surface area contributed by atoms with Crippen molar-refractivity contribution in [1.29, 1.82) is 0 Å². The molecule has 0 radical (unpaired) electrons. The largest absolute Gasteiger partial charge is 0.370 e. The smallest absolute Gasteiger partial charge is 0.0511 e. The molecule has 3 heteroatoms. The Labute approximate surface area is 138 Å². The Balaban J connectivity index is 2.08. The zero-order valence-corrected chi connectivity index (χ0v) is 15.6. The number of hydrogen-bond acceptors (Lipinski definition) is 2. The Kier molecular flexibility index (Phi) is 5.37. The quantitative estimate of drug-likeness (QED) is 0.838. The molecule has 2 nitrogen and oxygen atoms in total. The highest BCUT2D eigenvalue weighted by molar-refractivity contribution is 9.10. The first kappa shape index (κ1) is 16.8. The fourth-order valence-corrected chi connectivity index (χ4v) is 3.82. The molecule has 1 heterocycles. The molecule has 0 spiro atoms. The molecule has 1 aromatic rings. The van der Waals surface area contributed by atoms with Crippen molar-refractivity contribution in [2.45, 2.75) is 53.1 Å². The van der Waals surface area contributed by atoms with Gasteiger partial charge in [0.25, 0.3) is 0 Å². The van der Waals surface area contributed by atoms with Crippen LogP contribution >= 0.6 is 15.9 Å². The molecule has 1 aromatic carbocycles. The second kappa shape index (κ2) is 6.70. The zero-order valence-electron chi connectivity index (χ0n) is 14.0. The molecule has 0 saturated carbocycles. The lowest BCUT2D eigenvalue weighted by molar-refractivity contribution is 0.356. The van der Waals surface area contributed by atoms with E-state index in [1.54, 1.807) is 0 Å². The molecule has 1 fully saturated rings. The van der Waals surface area contributed by atoms with Gasteiger partial charge < -0.3 is 10.2 Å². The lowest BCUT2D eigenvalue weighted by Crippen LogP contribution is -2.39. The summed E-state index contributed by atoms with van der Waals surface area (Å²) < 4.78 is 1.22. The fourth-order valence-electron chi connectivity index (χ4n) is 3.14. The topological polar surface area (TPSA) is 15.3 Å². The molecule has 1 aliphatic rings. The van der Waals surface area contributed by atoms with Crippen molar-refractivity contribution in [1.82, 2.24) is 5.32 Å². The highest BCUT2D eigenvalue weighted by Crippen LogP contribution is 2.32.